The minimum absolute atomic E-state index is 0.0996. The van der Waals surface area contributed by atoms with Crippen LogP contribution < -0.4 is 5.32 Å². The van der Waals surface area contributed by atoms with E-state index in [0.29, 0.717) is 5.75 Å². The standard InChI is InChI=1S/C19H33NO2/c1-13-14(12-20-9-8-10-21)11-15(18(2,3)4)17(22)16(13)19(5,6)7/h11,20-22H,8-10,12H2,1-7H3. The van der Waals surface area contributed by atoms with Gasteiger partial charge in [-0.25, -0.2) is 0 Å². The molecule has 0 amide bonds. The Labute approximate surface area is 135 Å². The maximum atomic E-state index is 10.8. The van der Waals surface area contributed by atoms with Gasteiger partial charge in [-0.3, -0.25) is 0 Å². The molecule has 3 nitrogen and oxygen atoms in total. The van der Waals surface area contributed by atoms with Crippen LogP contribution in [0.3, 0.4) is 0 Å². The topological polar surface area (TPSA) is 52.5 Å². The van der Waals surface area contributed by atoms with Crippen molar-refractivity contribution < 1.29 is 10.2 Å². The Bertz CT molecular complexity index is 508. The van der Waals surface area contributed by atoms with Crippen LogP contribution in [0.15, 0.2) is 6.07 Å². The maximum absolute atomic E-state index is 10.8. The predicted octanol–water partition coefficient (Wildman–Crippen LogP) is 3.77. The minimum atomic E-state index is -0.102. The van der Waals surface area contributed by atoms with Crippen molar-refractivity contribution in [2.75, 3.05) is 13.2 Å². The number of phenols is 1. The Kier molecular flexibility index (Phi) is 6.05. The van der Waals surface area contributed by atoms with Gasteiger partial charge < -0.3 is 15.5 Å². The number of hydrogen-bond acceptors (Lipinski definition) is 3. The van der Waals surface area contributed by atoms with E-state index in [-0.39, 0.29) is 17.4 Å². The largest absolute Gasteiger partial charge is 0.507 e. The first-order chi connectivity index (χ1) is 10.00. The second kappa shape index (κ2) is 7.01. The molecule has 1 aromatic carbocycles. The van der Waals surface area contributed by atoms with Crippen LogP contribution >= 0.6 is 0 Å². The number of aromatic hydroxyl groups is 1. The minimum Gasteiger partial charge on any atom is -0.507 e. The zero-order valence-electron chi connectivity index (χ0n) is 15.3. The van der Waals surface area contributed by atoms with E-state index in [2.05, 4.69) is 59.8 Å². The first-order valence-electron chi connectivity index (χ1n) is 8.18. The molecular formula is C19H33NO2. The molecule has 0 fully saturated rings. The molecule has 0 heterocycles. The molecule has 3 N–H and O–H groups in total. The molecule has 0 saturated heterocycles. The quantitative estimate of drug-likeness (QED) is 0.726. The summed E-state index contributed by atoms with van der Waals surface area (Å²) in [5.74, 6) is 0.441. The summed E-state index contributed by atoms with van der Waals surface area (Å²) >= 11 is 0. The van der Waals surface area contributed by atoms with Crippen LogP contribution in [-0.4, -0.2) is 23.4 Å². The van der Waals surface area contributed by atoms with Gasteiger partial charge in [-0.05, 0) is 47.4 Å². The Hall–Kier alpha value is -1.06. The number of hydrogen-bond donors (Lipinski definition) is 3. The summed E-state index contributed by atoms with van der Waals surface area (Å²) in [6, 6.07) is 2.13. The number of aliphatic hydroxyl groups excluding tert-OH is 1. The summed E-state index contributed by atoms with van der Waals surface area (Å²) in [5, 5.41) is 23.1. The van der Waals surface area contributed by atoms with E-state index in [1.54, 1.807) is 0 Å². The van der Waals surface area contributed by atoms with Crippen molar-refractivity contribution in [2.24, 2.45) is 0 Å². The molecule has 0 radical (unpaired) electrons. The van der Waals surface area contributed by atoms with E-state index in [9.17, 15) is 5.11 Å². The summed E-state index contributed by atoms with van der Waals surface area (Å²) in [6.07, 6.45) is 0.759. The lowest BCUT2D eigenvalue weighted by Gasteiger charge is -2.30. The first-order valence-corrected chi connectivity index (χ1v) is 8.18. The molecule has 0 aliphatic carbocycles. The van der Waals surface area contributed by atoms with Gasteiger partial charge in [0.25, 0.3) is 0 Å². The molecule has 126 valence electrons. The highest BCUT2D eigenvalue weighted by Crippen LogP contribution is 2.42. The van der Waals surface area contributed by atoms with Crippen LogP contribution in [0.2, 0.25) is 0 Å². The SMILES string of the molecule is Cc1c(CNCCCO)cc(C(C)(C)C)c(O)c1C(C)(C)C. The lowest BCUT2D eigenvalue weighted by Crippen LogP contribution is -2.22. The molecule has 0 aliphatic rings. The summed E-state index contributed by atoms with van der Waals surface area (Å²) in [4.78, 5) is 0. The number of benzene rings is 1. The molecule has 0 aromatic heterocycles. The van der Waals surface area contributed by atoms with Gasteiger partial charge in [0, 0.05) is 18.7 Å². The normalized spacial score (nSPS) is 12.7. The van der Waals surface area contributed by atoms with Crippen LogP contribution in [0.4, 0.5) is 0 Å². The summed E-state index contributed by atoms with van der Waals surface area (Å²) in [6.45, 7) is 16.7. The van der Waals surface area contributed by atoms with Gasteiger partial charge in [-0.2, -0.15) is 0 Å². The summed E-state index contributed by atoms with van der Waals surface area (Å²) in [7, 11) is 0. The second-order valence-corrected chi connectivity index (χ2v) is 8.19. The molecule has 22 heavy (non-hydrogen) atoms. The van der Waals surface area contributed by atoms with Crippen molar-refractivity contribution in [3.8, 4) is 5.75 Å². The molecule has 3 heteroatoms. The Balaban J connectivity index is 3.33. The monoisotopic (exact) mass is 307 g/mol. The van der Waals surface area contributed by atoms with Crippen molar-refractivity contribution in [2.45, 2.75) is 72.3 Å². The first kappa shape index (κ1) is 19.0. The lowest BCUT2D eigenvalue weighted by molar-refractivity contribution is 0.286. The molecule has 0 bridgehead atoms. The summed E-state index contributed by atoms with van der Waals surface area (Å²) in [5.41, 5.74) is 4.23. The molecule has 1 rings (SSSR count). The zero-order valence-corrected chi connectivity index (χ0v) is 15.3. The highest BCUT2D eigenvalue weighted by Gasteiger charge is 2.28. The van der Waals surface area contributed by atoms with Gasteiger partial charge in [-0.15, -0.1) is 0 Å². The van der Waals surface area contributed by atoms with Crippen molar-refractivity contribution in [1.29, 1.82) is 0 Å². The van der Waals surface area contributed by atoms with Gasteiger partial charge in [0.05, 0.1) is 0 Å². The van der Waals surface area contributed by atoms with Crippen molar-refractivity contribution in [1.82, 2.24) is 5.32 Å². The highest BCUT2D eigenvalue weighted by molar-refractivity contribution is 5.54. The van der Waals surface area contributed by atoms with E-state index in [1.807, 2.05) is 0 Å². The third-order valence-corrected chi connectivity index (χ3v) is 4.05. The van der Waals surface area contributed by atoms with Crippen LogP contribution in [0.5, 0.6) is 5.75 Å². The number of aliphatic hydroxyl groups is 1. The average molecular weight is 307 g/mol. The highest BCUT2D eigenvalue weighted by atomic mass is 16.3. The van der Waals surface area contributed by atoms with E-state index >= 15 is 0 Å². The molecule has 1 aromatic rings. The van der Waals surface area contributed by atoms with Gasteiger partial charge in [0.15, 0.2) is 0 Å². The Morgan fingerprint density at radius 2 is 1.64 bits per heavy atom. The van der Waals surface area contributed by atoms with Crippen LogP contribution in [0, 0.1) is 6.92 Å². The predicted molar refractivity (Wildman–Crippen MR) is 93.7 cm³/mol. The van der Waals surface area contributed by atoms with Gasteiger partial charge in [0.1, 0.15) is 5.75 Å². The summed E-state index contributed by atoms with van der Waals surface area (Å²) < 4.78 is 0. The molecule has 0 spiro atoms. The van der Waals surface area contributed by atoms with Gasteiger partial charge in [0.2, 0.25) is 0 Å². The van der Waals surface area contributed by atoms with E-state index in [4.69, 9.17) is 5.11 Å². The van der Waals surface area contributed by atoms with Crippen molar-refractivity contribution in [3.63, 3.8) is 0 Å². The smallest absolute Gasteiger partial charge is 0.123 e. The van der Waals surface area contributed by atoms with E-state index < -0.39 is 0 Å². The molecule has 0 saturated carbocycles. The van der Waals surface area contributed by atoms with Gasteiger partial charge >= 0.3 is 0 Å². The average Bonchev–Trinajstić information content (AvgIpc) is 2.33. The number of rotatable bonds is 5. The van der Waals surface area contributed by atoms with Crippen LogP contribution in [-0.2, 0) is 17.4 Å². The third-order valence-electron chi connectivity index (χ3n) is 4.05. The second-order valence-electron chi connectivity index (χ2n) is 8.19. The third kappa shape index (κ3) is 4.47. The number of nitrogens with one attached hydrogen (secondary N) is 1. The number of phenolic OH excluding ortho intramolecular Hbond substituents is 1. The van der Waals surface area contributed by atoms with Crippen LogP contribution in [0.1, 0.15) is 70.2 Å². The van der Waals surface area contributed by atoms with E-state index in [0.717, 1.165) is 36.2 Å². The molecular weight excluding hydrogens is 274 g/mol. The Morgan fingerprint density at radius 1 is 1.05 bits per heavy atom. The van der Waals surface area contributed by atoms with Crippen LogP contribution in [0.25, 0.3) is 0 Å². The molecule has 0 atom stereocenters. The Morgan fingerprint density at radius 3 is 2.09 bits per heavy atom. The van der Waals surface area contributed by atoms with Crippen molar-refractivity contribution >= 4 is 0 Å². The van der Waals surface area contributed by atoms with Crippen molar-refractivity contribution in [3.05, 3.63) is 28.3 Å². The van der Waals surface area contributed by atoms with E-state index in [1.165, 1.54) is 5.56 Å². The fourth-order valence-corrected chi connectivity index (χ4v) is 2.92. The fraction of sp³-hybridized carbons (Fsp3) is 0.684. The maximum Gasteiger partial charge on any atom is 0.123 e. The molecule has 0 aliphatic heterocycles. The lowest BCUT2D eigenvalue weighted by atomic mass is 9.76. The fourth-order valence-electron chi connectivity index (χ4n) is 2.92. The molecule has 0 unspecified atom stereocenters. The van der Waals surface area contributed by atoms with Gasteiger partial charge in [-0.1, -0.05) is 47.6 Å². The zero-order chi connectivity index (χ0) is 17.1.